The molecule has 2 saturated heterocycles. The van der Waals surface area contributed by atoms with Crippen LogP contribution >= 0.6 is 0 Å². The second-order valence-electron chi connectivity index (χ2n) is 6.30. The van der Waals surface area contributed by atoms with E-state index in [0.29, 0.717) is 32.1 Å². The molecule has 1 saturated carbocycles. The van der Waals surface area contributed by atoms with Crippen molar-refractivity contribution in [2.45, 2.75) is 68.4 Å². The van der Waals surface area contributed by atoms with Gasteiger partial charge < -0.3 is 10.2 Å². The Morgan fingerprint density at radius 3 is 2.20 bits per heavy atom. The highest BCUT2D eigenvalue weighted by Gasteiger charge is 2.52. The Kier molecular flexibility index (Phi) is 3.54. The Hall–Kier alpha value is -0.660. The summed E-state index contributed by atoms with van der Waals surface area (Å²) in [5, 5.41) is 18.2. The number of aliphatic carboxylic acids is 1. The van der Waals surface area contributed by atoms with Crippen LogP contribution in [0.15, 0.2) is 0 Å². The molecule has 7 heteroatoms. The van der Waals surface area contributed by atoms with Gasteiger partial charge in [0.1, 0.15) is 0 Å². The molecule has 0 aromatic rings. The molecule has 0 spiro atoms. The number of hydrogen-bond acceptors (Lipinski definition) is 4. The van der Waals surface area contributed by atoms with Gasteiger partial charge in [-0.2, -0.15) is 4.31 Å². The largest absolute Gasteiger partial charge is 0.481 e. The van der Waals surface area contributed by atoms with Gasteiger partial charge in [0, 0.05) is 12.1 Å². The van der Waals surface area contributed by atoms with Gasteiger partial charge in [-0.3, -0.25) is 4.79 Å². The zero-order chi connectivity index (χ0) is 14.5. The van der Waals surface area contributed by atoms with Crippen LogP contribution in [0.3, 0.4) is 0 Å². The maximum Gasteiger partial charge on any atom is 0.307 e. The van der Waals surface area contributed by atoms with Gasteiger partial charge in [-0.15, -0.1) is 0 Å². The summed E-state index contributed by atoms with van der Waals surface area (Å²) < 4.78 is 27.2. The Morgan fingerprint density at radius 1 is 1.05 bits per heavy atom. The summed E-state index contributed by atoms with van der Waals surface area (Å²) in [5.74, 6) is -1.77. The molecule has 114 valence electrons. The molecule has 0 amide bonds. The Labute approximate surface area is 118 Å². The average Bonchev–Trinajstić information content (AvgIpc) is 2.94. The molecular formula is C13H21NO5S. The molecule has 2 N–H and O–H groups in total. The summed E-state index contributed by atoms with van der Waals surface area (Å²) in [6, 6.07) is -0.271. The van der Waals surface area contributed by atoms with Crippen LogP contribution in [0.1, 0.15) is 44.9 Å². The van der Waals surface area contributed by atoms with Gasteiger partial charge in [0.2, 0.25) is 10.0 Å². The smallest absolute Gasteiger partial charge is 0.307 e. The average molecular weight is 303 g/mol. The number of hydrogen-bond donors (Lipinski definition) is 2. The van der Waals surface area contributed by atoms with Crippen LogP contribution in [-0.2, 0) is 14.8 Å². The quantitative estimate of drug-likeness (QED) is 0.794. The predicted molar refractivity (Wildman–Crippen MR) is 71.6 cm³/mol. The fourth-order valence-corrected chi connectivity index (χ4v) is 6.90. The SMILES string of the molecule is O=C(O)C1CCCC1S(=O)(=O)N1C2CCC1CC(O)C2. The summed E-state index contributed by atoms with van der Waals surface area (Å²) in [7, 11) is -3.57. The molecule has 0 aromatic carbocycles. The molecule has 0 radical (unpaired) electrons. The minimum atomic E-state index is -3.57. The first kappa shape index (κ1) is 14.3. The highest BCUT2D eigenvalue weighted by molar-refractivity contribution is 7.89. The van der Waals surface area contributed by atoms with Crippen LogP contribution in [0.5, 0.6) is 0 Å². The van der Waals surface area contributed by atoms with Crippen LogP contribution in [0, 0.1) is 5.92 Å². The molecular weight excluding hydrogens is 282 g/mol. The number of carbonyl (C=O) groups is 1. The maximum absolute atomic E-state index is 12.9. The summed E-state index contributed by atoms with van der Waals surface area (Å²) in [6.45, 7) is 0. The number of aliphatic hydroxyl groups is 1. The lowest BCUT2D eigenvalue weighted by Crippen LogP contribution is -2.52. The van der Waals surface area contributed by atoms with Gasteiger partial charge in [-0.25, -0.2) is 8.42 Å². The lowest BCUT2D eigenvalue weighted by Gasteiger charge is -2.38. The van der Waals surface area contributed by atoms with Gasteiger partial charge in [0.25, 0.3) is 0 Å². The minimum absolute atomic E-state index is 0.135. The van der Waals surface area contributed by atoms with E-state index in [4.69, 9.17) is 0 Å². The van der Waals surface area contributed by atoms with Crippen LogP contribution < -0.4 is 0 Å². The maximum atomic E-state index is 12.9. The van der Waals surface area contributed by atoms with Gasteiger partial charge >= 0.3 is 5.97 Å². The number of piperidine rings is 1. The predicted octanol–water partition coefficient (Wildman–Crippen LogP) is 0.557. The highest BCUT2D eigenvalue weighted by atomic mass is 32.2. The van der Waals surface area contributed by atoms with Gasteiger partial charge in [-0.1, -0.05) is 6.42 Å². The third kappa shape index (κ3) is 2.16. The third-order valence-electron chi connectivity index (χ3n) is 5.09. The molecule has 3 fully saturated rings. The summed E-state index contributed by atoms with van der Waals surface area (Å²) in [4.78, 5) is 11.2. The van der Waals surface area contributed by atoms with E-state index in [1.165, 1.54) is 0 Å². The van der Waals surface area contributed by atoms with E-state index in [-0.39, 0.29) is 12.1 Å². The molecule has 1 aliphatic carbocycles. The van der Waals surface area contributed by atoms with Crippen LogP contribution in [0.4, 0.5) is 0 Å². The molecule has 20 heavy (non-hydrogen) atoms. The third-order valence-corrected chi connectivity index (χ3v) is 7.60. The fraction of sp³-hybridized carbons (Fsp3) is 0.923. The second kappa shape index (κ2) is 4.96. The second-order valence-corrected chi connectivity index (χ2v) is 8.36. The monoisotopic (exact) mass is 303 g/mol. The molecule has 2 aliphatic heterocycles. The summed E-state index contributed by atoms with van der Waals surface area (Å²) in [6.07, 6.45) is 3.67. The fourth-order valence-electron chi connectivity index (χ4n) is 4.24. The van der Waals surface area contributed by atoms with Crippen molar-refractivity contribution in [1.29, 1.82) is 0 Å². The van der Waals surface area contributed by atoms with Crippen molar-refractivity contribution in [1.82, 2.24) is 4.31 Å². The lowest BCUT2D eigenvalue weighted by atomic mass is 10.0. The van der Waals surface area contributed by atoms with Crippen LogP contribution in [0.25, 0.3) is 0 Å². The van der Waals surface area contributed by atoms with E-state index >= 15 is 0 Å². The number of fused-ring (bicyclic) bond motifs is 2. The van der Waals surface area contributed by atoms with E-state index in [1.807, 2.05) is 0 Å². The Bertz CT molecular complexity index is 491. The van der Waals surface area contributed by atoms with Crippen molar-refractivity contribution in [2.75, 3.05) is 0 Å². The van der Waals surface area contributed by atoms with Crippen LogP contribution in [-0.4, -0.2) is 52.3 Å². The summed E-state index contributed by atoms with van der Waals surface area (Å²) in [5.41, 5.74) is 0. The molecule has 3 aliphatic rings. The first-order chi connectivity index (χ1) is 9.41. The number of nitrogens with zero attached hydrogens (tertiary/aromatic N) is 1. The molecule has 2 bridgehead atoms. The van der Waals surface area contributed by atoms with Gasteiger partial charge in [-0.05, 0) is 38.5 Å². The Balaban J connectivity index is 1.87. The number of rotatable bonds is 3. The highest BCUT2D eigenvalue weighted by Crippen LogP contribution is 2.42. The molecule has 4 unspecified atom stereocenters. The van der Waals surface area contributed by atoms with Crippen molar-refractivity contribution in [2.24, 2.45) is 5.92 Å². The zero-order valence-corrected chi connectivity index (χ0v) is 12.1. The van der Waals surface area contributed by atoms with E-state index in [9.17, 15) is 23.4 Å². The Morgan fingerprint density at radius 2 is 1.65 bits per heavy atom. The minimum Gasteiger partial charge on any atom is -0.481 e. The molecule has 3 rings (SSSR count). The van der Waals surface area contributed by atoms with Gasteiger partial charge in [0.05, 0.1) is 17.3 Å². The van der Waals surface area contributed by atoms with E-state index in [2.05, 4.69) is 0 Å². The van der Waals surface area contributed by atoms with Crippen molar-refractivity contribution in [3.63, 3.8) is 0 Å². The number of carboxylic acid groups (broad SMARTS) is 1. The molecule has 2 heterocycles. The van der Waals surface area contributed by atoms with Crippen molar-refractivity contribution < 1.29 is 23.4 Å². The normalized spacial score (nSPS) is 42.0. The first-order valence-electron chi connectivity index (χ1n) is 7.34. The molecule has 0 aromatic heterocycles. The van der Waals surface area contributed by atoms with Crippen LogP contribution in [0.2, 0.25) is 0 Å². The van der Waals surface area contributed by atoms with Gasteiger partial charge in [0.15, 0.2) is 0 Å². The standard InChI is InChI=1S/C13H21NO5S/c15-10-6-8-4-5-9(7-10)14(8)20(18,19)12-3-1-2-11(12)13(16)17/h8-12,15H,1-7H2,(H,16,17). The first-order valence-corrected chi connectivity index (χ1v) is 8.85. The van der Waals surface area contributed by atoms with Crippen molar-refractivity contribution >= 4 is 16.0 Å². The van der Waals surface area contributed by atoms with E-state index in [1.54, 1.807) is 4.31 Å². The summed E-state index contributed by atoms with van der Waals surface area (Å²) >= 11 is 0. The zero-order valence-electron chi connectivity index (χ0n) is 11.3. The van der Waals surface area contributed by atoms with E-state index in [0.717, 1.165) is 12.8 Å². The van der Waals surface area contributed by atoms with Crippen molar-refractivity contribution in [3.05, 3.63) is 0 Å². The number of carboxylic acids is 1. The topological polar surface area (TPSA) is 94.9 Å². The molecule has 4 atom stereocenters. The van der Waals surface area contributed by atoms with Crippen molar-refractivity contribution in [3.8, 4) is 0 Å². The van der Waals surface area contributed by atoms with E-state index < -0.39 is 33.3 Å². The number of sulfonamides is 1. The number of aliphatic hydroxyl groups excluding tert-OH is 1. The lowest BCUT2D eigenvalue weighted by molar-refractivity contribution is -0.141. The molecule has 6 nitrogen and oxygen atoms in total.